The molecule has 0 bridgehead atoms. The number of carbonyl (C=O) groups is 1. The maximum absolute atomic E-state index is 11.1. The molecule has 5 heteroatoms. The lowest BCUT2D eigenvalue weighted by Gasteiger charge is -2.27. The van der Waals surface area contributed by atoms with E-state index in [4.69, 9.17) is 10.5 Å². The monoisotopic (exact) mass is 302 g/mol. The van der Waals surface area contributed by atoms with Crippen LogP contribution in [-0.4, -0.2) is 18.6 Å². The maximum atomic E-state index is 11.1. The predicted octanol–water partition coefficient (Wildman–Crippen LogP) is 2.25. The average Bonchev–Trinajstić information content (AvgIpc) is 2.94. The van der Waals surface area contributed by atoms with Crippen LogP contribution in [0.3, 0.4) is 0 Å². The highest BCUT2D eigenvalue weighted by Crippen LogP contribution is 2.28. The van der Waals surface area contributed by atoms with E-state index in [2.05, 4.69) is 30.4 Å². The van der Waals surface area contributed by atoms with Crippen molar-refractivity contribution in [1.29, 1.82) is 0 Å². The third kappa shape index (κ3) is 3.09. The number of hydrogen-bond acceptors (Lipinski definition) is 4. The lowest BCUT2D eigenvalue weighted by Crippen LogP contribution is -2.38. The second-order valence-electron chi connectivity index (χ2n) is 5.32. The van der Waals surface area contributed by atoms with E-state index in [0.717, 1.165) is 23.6 Å². The van der Waals surface area contributed by atoms with E-state index in [9.17, 15) is 4.79 Å². The Morgan fingerprint density at radius 1 is 1.52 bits per heavy atom. The SMILES string of the molecule is Cc1cccc2c1OC[C@H](NCc1cc(C(N)=O)cs1)C2. The summed E-state index contributed by atoms with van der Waals surface area (Å²) in [5.41, 5.74) is 8.28. The molecule has 110 valence electrons. The largest absolute Gasteiger partial charge is 0.491 e. The molecule has 1 aromatic carbocycles. The predicted molar refractivity (Wildman–Crippen MR) is 83.8 cm³/mol. The Kier molecular flexibility index (Phi) is 3.94. The summed E-state index contributed by atoms with van der Waals surface area (Å²) in [4.78, 5) is 12.2. The first kappa shape index (κ1) is 14.1. The molecule has 1 aliphatic heterocycles. The Bertz CT molecular complexity index is 666. The van der Waals surface area contributed by atoms with Crippen molar-refractivity contribution in [1.82, 2.24) is 5.32 Å². The fourth-order valence-corrected chi connectivity index (χ4v) is 3.39. The van der Waals surface area contributed by atoms with Crippen LogP contribution in [0.5, 0.6) is 5.75 Å². The molecule has 0 saturated heterocycles. The van der Waals surface area contributed by atoms with Gasteiger partial charge in [-0.3, -0.25) is 4.79 Å². The zero-order valence-electron chi connectivity index (χ0n) is 11.9. The highest BCUT2D eigenvalue weighted by Gasteiger charge is 2.20. The molecular formula is C16H18N2O2S. The Labute approximate surface area is 127 Å². The van der Waals surface area contributed by atoms with E-state index in [1.165, 1.54) is 11.1 Å². The number of para-hydroxylation sites is 1. The third-order valence-corrected chi connectivity index (χ3v) is 4.63. The average molecular weight is 302 g/mol. The lowest BCUT2D eigenvalue weighted by atomic mass is 10.00. The van der Waals surface area contributed by atoms with Crippen LogP contribution in [0.2, 0.25) is 0 Å². The summed E-state index contributed by atoms with van der Waals surface area (Å²) < 4.78 is 5.87. The maximum Gasteiger partial charge on any atom is 0.249 e. The summed E-state index contributed by atoms with van der Waals surface area (Å²) in [5.74, 6) is 0.658. The van der Waals surface area contributed by atoms with Crippen LogP contribution >= 0.6 is 11.3 Å². The van der Waals surface area contributed by atoms with Gasteiger partial charge in [-0.25, -0.2) is 0 Å². The van der Waals surface area contributed by atoms with Gasteiger partial charge in [0, 0.05) is 22.8 Å². The molecule has 1 aliphatic rings. The van der Waals surface area contributed by atoms with Crippen molar-refractivity contribution in [3.63, 3.8) is 0 Å². The van der Waals surface area contributed by atoms with Crippen molar-refractivity contribution < 1.29 is 9.53 Å². The van der Waals surface area contributed by atoms with Crippen LogP contribution in [0.15, 0.2) is 29.6 Å². The van der Waals surface area contributed by atoms with Crippen LogP contribution in [0.25, 0.3) is 0 Å². The third-order valence-electron chi connectivity index (χ3n) is 3.69. The molecule has 0 aliphatic carbocycles. The number of hydrogen-bond donors (Lipinski definition) is 2. The van der Waals surface area contributed by atoms with Gasteiger partial charge in [-0.15, -0.1) is 11.3 Å². The van der Waals surface area contributed by atoms with Crippen molar-refractivity contribution >= 4 is 17.2 Å². The number of thiophene rings is 1. The first-order chi connectivity index (χ1) is 10.1. The molecule has 0 spiro atoms. The quantitative estimate of drug-likeness (QED) is 0.910. The van der Waals surface area contributed by atoms with E-state index in [1.54, 1.807) is 16.7 Å². The molecule has 0 radical (unpaired) electrons. The van der Waals surface area contributed by atoms with Gasteiger partial charge < -0.3 is 15.8 Å². The molecule has 1 aromatic heterocycles. The topological polar surface area (TPSA) is 64.3 Å². The summed E-state index contributed by atoms with van der Waals surface area (Å²) in [6.45, 7) is 3.47. The molecule has 3 rings (SSSR count). The molecule has 1 atom stereocenters. The van der Waals surface area contributed by atoms with Gasteiger partial charge in [-0.2, -0.15) is 0 Å². The van der Waals surface area contributed by atoms with Crippen molar-refractivity contribution in [3.05, 3.63) is 51.2 Å². The molecular weight excluding hydrogens is 284 g/mol. The summed E-state index contributed by atoms with van der Waals surface area (Å²) in [7, 11) is 0. The van der Waals surface area contributed by atoms with Gasteiger partial charge >= 0.3 is 0 Å². The van der Waals surface area contributed by atoms with Gasteiger partial charge in [0.15, 0.2) is 0 Å². The number of benzene rings is 1. The molecule has 3 N–H and O–H groups in total. The van der Waals surface area contributed by atoms with Crippen molar-refractivity contribution in [2.24, 2.45) is 5.73 Å². The number of rotatable bonds is 4. The highest BCUT2D eigenvalue weighted by atomic mass is 32.1. The van der Waals surface area contributed by atoms with E-state index in [-0.39, 0.29) is 5.91 Å². The van der Waals surface area contributed by atoms with E-state index in [0.29, 0.717) is 18.2 Å². The number of ether oxygens (including phenoxy) is 1. The molecule has 0 fully saturated rings. The van der Waals surface area contributed by atoms with Crippen LogP contribution in [0, 0.1) is 6.92 Å². The number of amides is 1. The minimum absolute atomic E-state index is 0.290. The first-order valence-electron chi connectivity index (χ1n) is 6.95. The first-order valence-corrected chi connectivity index (χ1v) is 7.83. The molecule has 0 saturated carbocycles. The second-order valence-corrected chi connectivity index (χ2v) is 6.32. The molecule has 4 nitrogen and oxygen atoms in total. The van der Waals surface area contributed by atoms with Crippen molar-refractivity contribution in [2.75, 3.05) is 6.61 Å². The Morgan fingerprint density at radius 2 is 2.38 bits per heavy atom. The molecule has 1 amide bonds. The Morgan fingerprint density at radius 3 is 3.14 bits per heavy atom. The van der Waals surface area contributed by atoms with Gasteiger partial charge in [-0.1, -0.05) is 18.2 Å². The molecule has 21 heavy (non-hydrogen) atoms. The Hall–Kier alpha value is -1.85. The number of aryl methyl sites for hydroxylation is 1. The normalized spacial score (nSPS) is 17.1. The van der Waals surface area contributed by atoms with E-state index >= 15 is 0 Å². The molecule has 0 unspecified atom stereocenters. The highest BCUT2D eigenvalue weighted by molar-refractivity contribution is 7.10. The van der Waals surface area contributed by atoms with Gasteiger partial charge in [-0.05, 0) is 30.5 Å². The fraction of sp³-hybridized carbons (Fsp3) is 0.312. The zero-order valence-corrected chi connectivity index (χ0v) is 12.7. The number of nitrogens with two attached hydrogens (primary N) is 1. The summed E-state index contributed by atoms with van der Waals surface area (Å²) in [6.07, 6.45) is 0.963. The van der Waals surface area contributed by atoms with Gasteiger partial charge in [0.25, 0.3) is 0 Å². The van der Waals surface area contributed by atoms with E-state index < -0.39 is 0 Å². The van der Waals surface area contributed by atoms with E-state index in [1.807, 2.05) is 6.07 Å². The molecule has 2 aromatic rings. The summed E-state index contributed by atoms with van der Waals surface area (Å²) in [5, 5.41) is 5.28. The standard InChI is InChI=1S/C16H18N2O2S/c1-10-3-2-4-11-5-13(8-20-15(10)11)18-7-14-6-12(9-21-14)16(17)19/h2-4,6,9,13,18H,5,7-8H2,1H3,(H2,17,19)/t13-/m1/s1. The summed E-state index contributed by atoms with van der Waals surface area (Å²) in [6, 6.07) is 8.40. The summed E-state index contributed by atoms with van der Waals surface area (Å²) >= 11 is 1.55. The van der Waals surface area contributed by atoms with Crippen LogP contribution in [0.4, 0.5) is 0 Å². The Balaban J connectivity index is 1.61. The zero-order chi connectivity index (χ0) is 14.8. The van der Waals surface area contributed by atoms with Gasteiger partial charge in [0.2, 0.25) is 5.91 Å². The number of carbonyl (C=O) groups excluding carboxylic acids is 1. The van der Waals surface area contributed by atoms with Gasteiger partial charge in [0.1, 0.15) is 12.4 Å². The minimum Gasteiger partial charge on any atom is -0.491 e. The van der Waals surface area contributed by atoms with Crippen LogP contribution in [-0.2, 0) is 13.0 Å². The van der Waals surface area contributed by atoms with Crippen LogP contribution < -0.4 is 15.8 Å². The number of nitrogens with one attached hydrogen (secondary N) is 1. The number of fused-ring (bicyclic) bond motifs is 1. The smallest absolute Gasteiger partial charge is 0.249 e. The number of primary amides is 1. The van der Waals surface area contributed by atoms with Crippen molar-refractivity contribution in [2.45, 2.75) is 25.9 Å². The minimum atomic E-state index is -0.372. The second kappa shape index (κ2) is 5.87. The lowest BCUT2D eigenvalue weighted by molar-refractivity contribution is 0.100. The van der Waals surface area contributed by atoms with Crippen molar-refractivity contribution in [3.8, 4) is 5.75 Å². The molecule has 2 heterocycles. The van der Waals surface area contributed by atoms with Crippen LogP contribution in [0.1, 0.15) is 26.4 Å². The van der Waals surface area contributed by atoms with Gasteiger partial charge in [0.05, 0.1) is 5.56 Å². The fourth-order valence-electron chi connectivity index (χ4n) is 2.57.